The fourth-order valence-electron chi connectivity index (χ4n) is 7.41. The Kier molecular flexibility index (Phi) is 20.6. The average Bonchev–Trinajstić information content (AvgIpc) is 3.25. The van der Waals surface area contributed by atoms with Crippen LogP contribution in [-0.4, -0.2) is 105 Å². The number of halogens is 3. The van der Waals surface area contributed by atoms with Crippen LogP contribution < -0.4 is 9.47 Å². The number of hydrogen-bond donors (Lipinski definition) is 1. The Morgan fingerprint density at radius 3 is 1.73 bits per heavy atom. The monoisotopic (exact) mass is 958 g/mol. The molecule has 2 aromatic rings. The summed E-state index contributed by atoms with van der Waals surface area (Å²) in [5.41, 5.74) is 10.1. The van der Waals surface area contributed by atoms with E-state index in [1.165, 1.54) is 6.92 Å². The number of carbonyl (C=O) groups excluding carboxylic acids is 3. The van der Waals surface area contributed by atoms with E-state index in [1.807, 2.05) is 0 Å². The summed E-state index contributed by atoms with van der Waals surface area (Å²) in [7, 11) is -1.61. The molecule has 0 aromatic heterocycles. The number of benzene rings is 2. The molecule has 63 heavy (non-hydrogen) atoms. The molecule has 0 bridgehead atoms. The highest BCUT2D eigenvalue weighted by Crippen LogP contribution is 2.40. The van der Waals surface area contributed by atoms with Gasteiger partial charge in [-0.25, -0.2) is 4.79 Å². The summed E-state index contributed by atoms with van der Waals surface area (Å²) in [5, 5.41) is 12.4. The van der Waals surface area contributed by atoms with Crippen LogP contribution >= 0.6 is 34.8 Å². The lowest BCUT2D eigenvalue weighted by Crippen LogP contribution is -2.68. The Hall–Kier alpha value is -3.84. The molecule has 2 aromatic carbocycles. The minimum atomic E-state index is -2.70. The molecule has 0 aliphatic carbocycles. The Morgan fingerprint density at radius 2 is 1.25 bits per heavy atom. The van der Waals surface area contributed by atoms with Gasteiger partial charge in [0.25, 0.3) is 3.79 Å². The lowest BCUT2D eigenvalue weighted by atomic mass is 9.96. The van der Waals surface area contributed by atoms with Gasteiger partial charge in [-0.1, -0.05) is 136 Å². The van der Waals surface area contributed by atoms with E-state index in [0.29, 0.717) is 5.75 Å². The van der Waals surface area contributed by atoms with Gasteiger partial charge in [0.1, 0.15) is 35.9 Å². The molecule has 2 heterocycles. The van der Waals surface area contributed by atoms with Crippen molar-refractivity contribution < 1.29 is 61.4 Å². The third kappa shape index (κ3) is 14.8. The van der Waals surface area contributed by atoms with Gasteiger partial charge < -0.3 is 47.1 Å². The van der Waals surface area contributed by atoms with Gasteiger partial charge in [0, 0.05) is 18.8 Å². The standard InChI is InChI=1S/C42H57Cl3N4O13Si/c1-7-10-23-63(24-11-8-2,25-12-9-3)62-36-31(54-26(4)50)30(48-49-47)38(60-40(36)57-29-21-17-14-18-22-29)58-32-33(56-28-19-15-13-16-20-28)35(55-27(5)51)39(59-34(32)37(52)53-6)61-41(46)42(43,44)45/h13-22,30-36,38-40,46H,7-12,23-25H2,1-6H3/t30-,31-,32-,33+,34+,35-,36+,38-,39+,40+/m1/s1. The van der Waals surface area contributed by atoms with Crippen molar-refractivity contribution in [3.05, 3.63) is 71.1 Å². The van der Waals surface area contributed by atoms with E-state index in [-0.39, 0.29) is 5.75 Å². The molecule has 0 amide bonds. The highest BCUT2D eigenvalue weighted by Gasteiger charge is 2.59. The summed E-state index contributed by atoms with van der Waals surface area (Å²) in [6.07, 6.45) is -8.66. The van der Waals surface area contributed by atoms with Crippen molar-refractivity contribution in [2.75, 3.05) is 7.11 Å². The van der Waals surface area contributed by atoms with Crippen molar-refractivity contribution >= 4 is 66.9 Å². The van der Waals surface area contributed by atoms with E-state index < -0.39 is 97.5 Å². The number of azide groups is 1. The minimum absolute atomic E-state index is 0.203. The lowest BCUT2D eigenvalue weighted by molar-refractivity contribution is -0.345. The normalized spacial score (nSPS) is 26.0. The Bertz CT molecular complexity index is 1810. The topological polar surface area (TPSA) is 216 Å². The molecule has 2 saturated heterocycles. The van der Waals surface area contributed by atoms with Crippen LogP contribution in [0, 0.1) is 5.41 Å². The van der Waals surface area contributed by atoms with Gasteiger partial charge in [-0.15, -0.1) is 0 Å². The van der Waals surface area contributed by atoms with Gasteiger partial charge >= 0.3 is 17.9 Å². The molecule has 2 aliphatic heterocycles. The van der Waals surface area contributed by atoms with Gasteiger partial charge in [-0.05, 0) is 47.9 Å². The van der Waals surface area contributed by atoms with Crippen molar-refractivity contribution in [1.82, 2.24) is 0 Å². The minimum Gasteiger partial charge on any atom is -0.483 e. The molecule has 0 unspecified atom stereocenters. The summed E-state index contributed by atoms with van der Waals surface area (Å²) < 4.78 is 59.8. The number of carbonyl (C=O) groups is 3. The number of alkyl halides is 3. The summed E-state index contributed by atoms with van der Waals surface area (Å²) >= 11 is 17.9. The molecule has 348 valence electrons. The highest BCUT2D eigenvalue weighted by molar-refractivity contribution is 6.76. The van der Waals surface area contributed by atoms with Crippen LogP contribution in [0.3, 0.4) is 0 Å². The number of nitrogens with one attached hydrogen (secondary N) is 1. The van der Waals surface area contributed by atoms with Gasteiger partial charge in [-0.3, -0.25) is 15.0 Å². The fraction of sp³-hybridized carbons (Fsp3) is 0.619. The largest absolute Gasteiger partial charge is 0.483 e. The van der Waals surface area contributed by atoms with Crippen LogP contribution in [0.5, 0.6) is 11.5 Å². The predicted octanol–water partition coefficient (Wildman–Crippen LogP) is 9.12. The number of para-hydroxylation sites is 2. The molecule has 21 heteroatoms. The molecular formula is C42H57Cl3N4O13Si. The van der Waals surface area contributed by atoms with Crippen LogP contribution in [-0.2, 0) is 52.0 Å². The highest BCUT2D eigenvalue weighted by atomic mass is 35.6. The van der Waals surface area contributed by atoms with Gasteiger partial charge in [0.05, 0.1) is 7.11 Å². The summed E-state index contributed by atoms with van der Waals surface area (Å²) in [4.78, 5) is 42.7. The van der Waals surface area contributed by atoms with Crippen molar-refractivity contribution in [1.29, 1.82) is 5.41 Å². The number of methoxy groups -OCH3 is 1. The van der Waals surface area contributed by atoms with E-state index in [9.17, 15) is 19.9 Å². The molecule has 4 rings (SSSR count). The second kappa shape index (κ2) is 25.0. The van der Waals surface area contributed by atoms with Crippen LogP contribution in [0.4, 0.5) is 0 Å². The van der Waals surface area contributed by atoms with Crippen LogP contribution in [0.25, 0.3) is 10.4 Å². The Labute approximate surface area is 383 Å². The first-order valence-corrected chi connectivity index (χ1v) is 24.6. The van der Waals surface area contributed by atoms with Gasteiger partial charge in [-0.2, -0.15) is 0 Å². The quantitative estimate of drug-likeness (QED) is 0.0134. The fourth-order valence-corrected chi connectivity index (χ4v) is 12.5. The molecule has 0 radical (unpaired) electrons. The smallest absolute Gasteiger partial charge is 0.338 e. The third-order valence-corrected chi connectivity index (χ3v) is 15.4. The number of nitrogens with zero attached hydrogens (tertiary/aromatic N) is 3. The SMILES string of the molecule is CCCC[Si](CCCC)(CCCC)O[C@@H]1[C@@H](Oc2ccccc2)O[C@@H](O[C@@H]2[C@H](Oc3ccccc3)[C@@H](OC(C)=O)[C@H](OC(=N)C(Cl)(Cl)Cl)O[C@@H]2C(=O)OC)[C@H](N=[N+]=[N-])[C@H]1OC(C)=O. The molecule has 2 aliphatic rings. The van der Waals surface area contributed by atoms with Crippen molar-refractivity contribution in [3.63, 3.8) is 0 Å². The summed E-state index contributed by atoms with van der Waals surface area (Å²) in [6, 6.07) is 17.9. The number of unbranched alkanes of at least 4 members (excludes halogenated alkanes) is 3. The Balaban J connectivity index is 1.93. The molecule has 10 atom stereocenters. The zero-order chi connectivity index (χ0) is 46.2. The molecule has 1 N–H and O–H groups in total. The average molecular weight is 960 g/mol. The molecular weight excluding hydrogens is 903 g/mol. The Morgan fingerprint density at radius 1 is 0.730 bits per heavy atom. The second-order valence-electron chi connectivity index (χ2n) is 15.1. The molecule has 2 fully saturated rings. The van der Waals surface area contributed by atoms with Gasteiger partial charge in [0.15, 0.2) is 26.8 Å². The van der Waals surface area contributed by atoms with E-state index >= 15 is 0 Å². The zero-order valence-corrected chi connectivity index (χ0v) is 39.5. The maximum Gasteiger partial charge on any atom is 0.338 e. The second-order valence-corrected chi connectivity index (χ2v) is 21.5. The first-order valence-electron chi connectivity index (χ1n) is 21.0. The van der Waals surface area contributed by atoms with Crippen LogP contribution in [0.15, 0.2) is 65.8 Å². The number of esters is 3. The van der Waals surface area contributed by atoms with E-state index in [1.54, 1.807) is 60.7 Å². The first kappa shape index (κ1) is 51.8. The summed E-state index contributed by atoms with van der Waals surface area (Å²) in [6.45, 7) is 8.65. The lowest BCUT2D eigenvalue weighted by Gasteiger charge is -2.49. The van der Waals surface area contributed by atoms with Gasteiger partial charge in [0.2, 0.25) is 24.6 Å². The third-order valence-electron chi connectivity index (χ3n) is 10.3. The summed E-state index contributed by atoms with van der Waals surface area (Å²) in [5.74, 6) is -2.99. The maximum absolute atomic E-state index is 13.8. The van der Waals surface area contributed by atoms with Crippen molar-refractivity contribution in [3.8, 4) is 11.5 Å². The molecule has 0 spiro atoms. The van der Waals surface area contributed by atoms with E-state index in [0.717, 1.165) is 70.7 Å². The van der Waals surface area contributed by atoms with E-state index in [2.05, 4.69) is 30.8 Å². The van der Waals surface area contributed by atoms with Crippen molar-refractivity contribution in [2.24, 2.45) is 5.11 Å². The molecule has 17 nitrogen and oxygen atoms in total. The van der Waals surface area contributed by atoms with Crippen LogP contribution in [0.1, 0.15) is 73.1 Å². The van der Waals surface area contributed by atoms with Crippen molar-refractivity contribution in [2.45, 2.75) is 157 Å². The number of rotatable bonds is 22. The number of hydrogen-bond acceptors (Lipinski definition) is 15. The number of ether oxygens (including phenoxy) is 9. The predicted molar refractivity (Wildman–Crippen MR) is 235 cm³/mol. The maximum atomic E-state index is 13.8. The first-order chi connectivity index (χ1) is 30.1. The molecule has 0 saturated carbocycles. The van der Waals surface area contributed by atoms with Crippen LogP contribution in [0.2, 0.25) is 18.1 Å². The van der Waals surface area contributed by atoms with E-state index in [4.69, 9.17) is 87.3 Å². The zero-order valence-electron chi connectivity index (χ0n) is 36.2.